The zero-order valence-electron chi connectivity index (χ0n) is 8.43. The first-order valence-electron chi connectivity index (χ1n) is 4.68. The van der Waals surface area contributed by atoms with Gasteiger partial charge in [-0.3, -0.25) is 0 Å². The number of nitrogens with two attached hydrogens (primary N) is 1. The Bertz CT molecular complexity index is 473. The first-order valence-corrected chi connectivity index (χ1v) is 5.48. The third kappa shape index (κ3) is 2.70. The molecule has 2 N–H and O–H groups in total. The van der Waals surface area contributed by atoms with Crippen LogP contribution in [0.2, 0.25) is 0 Å². The molecule has 5 heteroatoms. The van der Waals surface area contributed by atoms with Crippen molar-refractivity contribution in [2.75, 3.05) is 5.73 Å². The van der Waals surface area contributed by atoms with Crippen LogP contribution in [0, 0.1) is 0 Å². The summed E-state index contributed by atoms with van der Waals surface area (Å²) in [5, 5.41) is 0. The number of anilines is 1. The second-order valence-corrected chi connectivity index (χ2v) is 4.11. The van der Waals surface area contributed by atoms with Crippen molar-refractivity contribution in [3.8, 4) is 5.88 Å². The molecule has 0 aliphatic heterocycles. The Hall–Kier alpha value is -1.62. The van der Waals surface area contributed by atoms with E-state index in [0.717, 1.165) is 10.0 Å². The van der Waals surface area contributed by atoms with Gasteiger partial charge in [0.15, 0.2) is 0 Å². The average Bonchev–Trinajstić information content (AvgIpc) is 2.30. The van der Waals surface area contributed by atoms with Crippen LogP contribution in [0.5, 0.6) is 5.88 Å². The molecule has 82 valence electrons. The summed E-state index contributed by atoms with van der Waals surface area (Å²) in [5.41, 5.74) is 7.15. The Balaban J connectivity index is 2.02. The van der Waals surface area contributed by atoms with Gasteiger partial charge in [-0.05, 0) is 17.7 Å². The molecule has 0 spiro atoms. The van der Waals surface area contributed by atoms with Crippen molar-refractivity contribution < 1.29 is 4.74 Å². The smallest absolute Gasteiger partial charge is 0.240 e. The number of nitrogens with zero attached hydrogens (tertiary/aromatic N) is 2. The van der Waals surface area contributed by atoms with Gasteiger partial charge < -0.3 is 10.5 Å². The molecule has 0 aliphatic carbocycles. The first-order chi connectivity index (χ1) is 7.75. The topological polar surface area (TPSA) is 61.0 Å². The van der Waals surface area contributed by atoms with Crippen molar-refractivity contribution in [1.82, 2.24) is 9.97 Å². The summed E-state index contributed by atoms with van der Waals surface area (Å²) in [5.74, 6) is 0.415. The largest absolute Gasteiger partial charge is 0.471 e. The van der Waals surface area contributed by atoms with E-state index in [1.54, 1.807) is 0 Å². The summed E-state index contributed by atoms with van der Waals surface area (Å²) in [6, 6.07) is 7.87. The molecule has 0 saturated carbocycles. The summed E-state index contributed by atoms with van der Waals surface area (Å²) >= 11 is 3.37. The fraction of sp³-hybridized carbons (Fsp3) is 0.0909. The summed E-state index contributed by atoms with van der Waals surface area (Å²) < 4.78 is 6.51. The van der Waals surface area contributed by atoms with Crippen LogP contribution < -0.4 is 10.5 Å². The van der Waals surface area contributed by atoms with E-state index >= 15 is 0 Å². The summed E-state index contributed by atoms with van der Waals surface area (Å²) in [6.07, 6.45) is 2.93. The number of halogens is 1. The summed E-state index contributed by atoms with van der Waals surface area (Å²) in [7, 11) is 0. The highest BCUT2D eigenvalue weighted by molar-refractivity contribution is 9.10. The van der Waals surface area contributed by atoms with Crippen LogP contribution in [0.3, 0.4) is 0 Å². The Morgan fingerprint density at radius 3 is 2.69 bits per heavy atom. The minimum absolute atomic E-state index is 0.415. The number of rotatable bonds is 3. The van der Waals surface area contributed by atoms with Crippen LogP contribution in [-0.2, 0) is 6.61 Å². The van der Waals surface area contributed by atoms with Gasteiger partial charge in [0, 0.05) is 4.47 Å². The van der Waals surface area contributed by atoms with Crippen LogP contribution in [0.15, 0.2) is 41.3 Å². The highest BCUT2D eigenvalue weighted by Crippen LogP contribution is 2.17. The predicted octanol–water partition coefficient (Wildman–Crippen LogP) is 2.40. The van der Waals surface area contributed by atoms with Crippen LogP contribution in [0.4, 0.5) is 5.69 Å². The quantitative estimate of drug-likeness (QED) is 0.937. The van der Waals surface area contributed by atoms with E-state index in [2.05, 4.69) is 25.9 Å². The van der Waals surface area contributed by atoms with Crippen molar-refractivity contribution in [2.24, 2.45) is 0 Å². The molecule has 2 aromatic rings. The SMILES string of the molecule is Nc1cncnc1OCc1ccc(Br)cc1. The van der Waals surface area contributed by atoms with E-state index in [4.69, 9.17) is 10.5 Å². The van der Waals surface area contributed by atoms with Gasteiger partial charge in [-0.1, -0.05) is 28.1 Å². The molecule has 0 fully saturated rings. The lowest BCUT2D eigenvalue weighted by atomic mass is 10.2. The monoisotopic (exact) mass is 279 g/mol. The van der Waals surface area contributed by atoms with E-state index in [1.807, 2.05) is 24.3 Å². The standard InChI is InChI=1S/C11H10BrN3O/c12-9-3-1-8(2-4-9)6-16-11-10(13)5-14-7-15-11/h1-5,7H,6,13H2. The van der Waals surface area contributed by atoms with Crippen molar-refractivity contribution in [2.45, 2.75) is 6.61 Å². The summed E-state index contributed by atoms with van der Waals surface area (Å²) in [6.45, 7) is 0.439. The highest BCUT2D eigenvalue weighted by atomic mass is 79.9. The molecule has 16 heavy (non-hydrogen) atoms. The zero-order valence-corrected chi connectivity index (χ0v) is 10.0. The van der Waals surface area contributed by atoms with Crippen molar-refractivity contribution >= 4 is 21.6 Å². The molecule has 1 aromatic carbocycles. The molecule has 4 nitrogen and oxygen atoms in total. The third-order valence-corrected chi connectivity index (χ3v) is 2.52. The minimum Gasteiger partial charge on any atom is -0.471 e. The van der Waals surface area contributed by atoms with Crippen molar-refractivity contribution in [3.63, 3.8) is 0 Å². The second-order valence-electron chi connectivity index (χ2n) is 3.20. The number of benzene rings is 1. The molecular formula is C11H10BrN3O. The summed E-state index contributed by atoms with van der Waals surface area (Å²) in [4.78, 5) is 7.73. The molecule has 0 bridgehead atoms. The average molecular weight is 280 g/mol. The molecule has 1 heterocycles. The van der Waals surface area contributed by atoms with Gasteiger partial charge in [-0.2, -0.15) is 4.98 Å². The normalized spacial score (nSPS) is 10.1. The fourth-order valence-corrected chi connectivity index (χ4v) is 1.45. The van der Waals surface area contributed by atoms with Gasteiger partial charge in [0.05, 0.1) is 6.20 Å². The van der Waals surface area contributed by atoms with Crippen molar-refractivity contribution in [1.29, 1.82) is 0 Å². The van der Waals surface area contributed by atoms with Crippen LogP contribution >= 0.6 is 15.9 Å². The number of aromatic nitrogens is 2. The van der Waals surface area contributed by atoms with Gasteiger partial charge in [-0.25, -0.2) is 4.98 Å². The van der Waals surface area contributed by atoms with Gasteiger partial charge in [0.1, 0.15) is 18.6 Å². The zero-order chi connectivity index (χ0) is 11.4. The minimum atomic E-state index is 0.415. The Kier molecular flexibility index (Phi) is 3.36. The maximum Gasteiger partial charge on any atom is 0.240 e. The van der Waals surface area contributed by atoms with E-state index in [9.17, 15) is 0 Å². The Morgan fingerprint density at radius 1 is 1.25 bits per heavy atom. The number of ether oxygens (including phenoxy) is 1. The van der Waals surface area contributed by atoms with Gasteiger partial charge in [0.25, 0.3) is 0 Å². The lowest BCUT2D eigenvalue weighted by Gasteiger charge is -2.06. The molecular weight excluding hydrogens is 270 g/mol. The van der Waals surface area contributed by atoms with E-state index < -0.39 is 0 Å². The lowest BCUT2D eigenvalue weighted by Crippen LogP contribution is -2.01. The van der Waals surface area contributed by atoms with Gasteiger partial charge >= 0.3 is 0 Å². The fourth-order valence-electron chi connectivity index (χ4n) is 1.18. The van der Waals surface area contributed by atoms with E-state index in [-0.39, 0.29) is 0 Å². The molecule has 0 saturated heterocycles. The van der Waals surface area contributed by atoms with Crippen LogP contribution in [0.25, 0.3) is 0 Å². The maximum absolute atomic E-state index is 5.65. The number of hydrogen-bond donors (Lipinski definition) is 1. The van der Waals surface area contributed by atoms with E-state index in [0.29, 0.717) is 18.2 Å². The Labute approximate surface area is 102 Å². The van der Waals surface area contributed by atoms with Crippen LogP contribution in [-0.4, -0.2) is 9.97 Å². The molecule has 0 radical (unpaired) electrons. The maximum atomic E-state index is 5.65. The van der Waals surface area contributed by atoms with Crippen LogP contribution in [0.1, 0.15) is 5.56 Å². The van der Waals surface area contributed by atoms with Crippen molar-refractivity contribution in [3.05, 3.63) is 46.8 Å². The van der Waals surface area contributed by atoms with Gasteiger partial charge in [0.2, 0.25) is 5.88 Å². The molecule has 2 rings (SSSR count). The lowest BCUT2D eigenvalue weighted by molar-refractivity contribution is 0.295. The number of nitrogen functional groups attached to an aromatic ring is 1. The predicted molar refractivity (Wildman–Crippen MR) is 64.9 cm³/mol. The molecule has 0 aliphatic rings. The highest BCUT2D eigenvalue weighted by Gasteiger charge is 2.01. The molecule has 0 amide bonds. The number of hydrogen-bond acceptors (Lipinski definition) is 4. The molecule has 1 aromatic heterocycles. The second kappa shape index (κ2) is 4.94. The van der Waals surface area contributed by atoms with Gasteiger partial charge in [-0.15, -0.1) is 0 Å². The molecule has 0 unspecified atom stereocenters. The first kappa shape index (κ1) is 10.9. The van der Waals surface area contributed by atoms with E-state index in [1.165, 1.54) is 12.5 Å². The Morgan fingerprint density at radius 2 is 2.00 bits per heavy atom. The third-order valence-electron chi connectivity index (χ3n) is 1.99. The molecule has 0 atom stereocenters.